The molecule has 0 radical (unpaired) electrons. The van der Waals surface area contributed by atoms with Gasteiger partial charge in [-0.05, 0) is 45.0 Å². The summed E-state index contributed by atoms with van der Waals surface area (Å²) in [7, 11) is -3.53. The van der Waals surface area contributed by atoms with E-state index in [1.54, 1.807) is 30.9 Å². The molecule has 122 valence electrons. The Balaban J connectivity index is 2.13. The average molecular weight is 326 g/mol. The predicted octanol–water partition coefficient (Wildman–Crippen LogP) is 1.23. The lowest BCUT2D eigenvalue weighted by atomic mass is 10.2. The van der Waals surface area contributed by atoms with Crippen molar-refractivity contribution in [1.29, 1.82) is 0 Å². The lowest BCUT2D eigenvalue weighted by Crippen LogP contribution is -2.44. The Morgan fingerprint density at radius 1 is 1.32 bits per heavy atom. The third kappa shape index (κ3) is 4.06. The molecule has 6 nitrogen and oxygen atoms in total. The summed E-state index contributed by atoms with van der Waals surface area (Å²) in [6.07, 6.45) is 0.0209. The molecule has 1 heterocycles. The molecule has 22 heavy (non-hydrogen) atoms. The molecule has 0 aliphatic carbocycles. The molecular weight excluding hydrogens is 304 g/mol. The molecule has 0 spiro atoms. The molecule has 7 heteroatoms. The molecule has 1 N–H and O–H groups in total. The predicted molar refractivity (Wildman–Crippen MR) is 83.2 cm³/mol. The smallest absolute Gasteiger partial charge is 0.254 e. The van der Waals surface area contributed by atoms with Gasteiger partial charge in [0.15, 0.2) is 0 Å². The third-order valence-electron chi connectivity index (χ3n) is 3.33. The fourth-order valence-electron chi connectivity index (χ4n) is 2.34. The molecule has 2 rings (SSSR count). The molecule has 1 fully saturated rings. The molecule has 0 saturated carbocycles. The van der Waals surface area contributed by atoms with E-state index < -0.39 is 10.0 Å². The summed E-state index contributed by atoms with van der Waals surface area (Å²) in [5.74, 6) is -0.101. The summed E-state index contributed by atoms with van der Waals surface area (Å²) >= 11 is 0. The molecule has 1 atom stereocenters. The first-order valence-corrected chi connectivity index (χ1v) is 8.81. The summed E-state index contributed by atoms with van der Waals surface area (Å²) in [5.41, 5.74) is 0.484. The van der Waals surface area contributed by atoms with Crippen molar-refractivity contribution in [3.05, 3.63) is 29.8 Å². The largest absolute Gasteiger partial charge is 0.375 e. The van der Waals surface area contributed by atoms with Crippen LogP contribution in [0.2, 0.25) is 0 Å². The maximum absolute atomic E-state index is 12.4. The quantitative estimate of drug-likeness (QED) is 0.903. The maximum Gasteiger partial charge on any atom is 0.254 e. The van der Waals surface area contributed by atoms with E-state index >= 15 is 0 Å². The summed E-state index contributed by atoms with van der Waals surface area (Å²) in [6.45, 7) is 7.07. The van der Waals surface area contributed by atoms with Gasteiger partial charge < -0.3 is 9.64 Å². The maximum atomic E-state index is 12.4. The molecule has 1 aliphatic rings. The zero-order valence-corrected chi connectivity index (χ0v) is 13.9. The van der Waals surface area contributed by atoms with Gasteiger partial charge >= 0.3 is 0 Å². The van der Waals surface area contributed by atoms with Crippen LogP contribution in [0.4, 0.5) is 0 Å². The number of nitrogens with one attached hydrogen (secondary N) is 1. The number of amides is 1. The van der Waals surface area contributed by atoms with Crippen LogP contribution >= 0.6 is 0 Å². The molecule has 1 saturated heterocycles. The lowest BCUT2D eigenvalue weighted by molar-refractivity contribution is -0.0124. The minimum absolute atomic E-state index is 0.0209. The van der Waals surface area contributed by atoms with Crippen LogP contribution in [-0.2, 0) is 14.8 Å². The van der Waals surface area contributed by atoms with E-state index in [2.05, 4.69) is 4.72 Å². The van der Waals surface area contributed by atoms with Crippen LogP contribution in [0.5, 0.6) is 0 Å². The standard InChI is InChI=1S/C15H22N2O4S/c1-11(2)16-22(19,20)14-6-4-13(5-7-14)15(18)17-8-9-21-12(3)10-17/h4-7,11-12,16H,8-10H2,1-3H3. The number of nitrogens with zero attached hydrogens (tertiary/aromatic N) is 1. The van der Waals surface area contributed by atoms with Gasteiger partial charge in [0.1, 0.15) is 0 Å². The number of benzene rings is 1. The lowest BCUT2D eigenvalue weighted by Gasteiger charge is -2.31. The van der Waals surface area contributed by atoms with Crippen LogP contribution in [0.3, 0.4) is 0 Å². The highest BCUT2D eigenvalue weighted by Gasteiger charge is 2.23. The summed E-state index contributed by atoms with van der Waals surface area (Å²) in [4.78, 5) is 14.3. The minimum atomic E-state index is -3.53. The van der Waals surface area contributed by atoms with E-state index in [4.69, 9.17) is 4.74 Å². The Morgan fingerprint density at radius 3 is 2.50 bits per heavy atom. The van der Waals surface area contributed by atoms with Crippen molar-refractivity contribution in [3.63, 3.8) is 0 Å². The Labute approximate surface area is 131 Å². The van der Waals surface area contributed by atoms with Crippen molar-refractivity contribution in [3.8, 4) is 0 Å². The number of sulfonamides is 1. The summed E-state index contributed by atoms with van der Waals surface area (Å²) in [6, 6.07) is 5.85. The fourth-order valence-corrected chi connectivity index (χ4v) is 3.59. The molecular formula is C15H22N2O4S. The van der Waals surface area contributed by atoms with E-state index in [9.17, 15) is 13.2 Å². The van der Waals surface area contributed by atoms with E-state index in [1.165, 1.54) is 12.1 Å². The topological polar surface area (TPSA) is 75.7 Å². The highest BCUT2D eigenvalue weighted by atomic mass is 32.2. The van der Waals surface area contributed by atoms with Gasteiger partial charge in [-0.2, -0.15) is 0 Å². The number of hydrogen-bond acceptors (Lipinski definition) is 4. The van der Waals surface area contributed by atoms with Crippen molar-refractivity contribution in [2.75, 3.05) is 19.7 Å². The van der Waals surface area contributed by atoms with Crippen LogP contribution in [0.25, 0.3) is 0 Å². The minimum Gasteiger partial charge on any atom is -0.375 e. The van der Waals surface area contributed by atoms with E-state index in [0.29, 0.717) is 25.3 Å². The van der Waals surface area contributed by atoms with Gasteiger partial charge in [0.05, 0.1) is 17.6 Å². The fraction of sp³-hybridized carbons (Fsp3) is 0.533. The Bertz CT molecular complexity index is 625. The van der Waals surface area contributed by atoms with Crippen molar-refractivity contribution in [2.24, 2.45) is 0 Å². The van der Waals surface area contributed by atoms with Crippen LogP contribution in [0.15, 0.2) is 29.2 Å². The number of hydrogen-bond donors (Lipinski definition) is 1. The Morgan fingerprint density at radius 2 is 1.95 bits per heavy atom. The highest BCUT2D eigenvalue weighted by Crippen LogP contribution is 2.14. The van der Waals surface area contributed by atoms with E-state index in [1.807, 2.05) is 6.92 Å². The molecule has 1 aromatic rings. The van der Waals surface area contributed by atoms with E-state index in [0.717, 1.165) is 0 Å². The second-order valence-corrected chi connectivity index (χ2v) is 7.45. The van der Waals surface area contributed by atoms with Crippen LogP contribution < -0.4 is 4.72 Å². The zero-order valence-electron chi connectivity index (χ0n) is 13.1. The first kappa shape index (κ1) is 16.9. The van der Waals surface area contributed by atoms with Gasteiger partial charge in [-0.25, -0.2) is 13.1 Å². The third-order valence-corrected chi connectivity index (χ3v) is 5.01. The van der Waals surface area contributed by atoms with Crippen molar-refractivity contribution >= 4 is 15.9 Å². The van der Waals surface area contributed by atoms with Gasteiger partial charge in [-0.1, -0.05) is 0 Å². The Kier molecular flexibility index (Phi) is 5.20. The summed E-state index contributed by atoms with van der Waals surface area (Å²) in [5, 5.41) is 0. The van der Waals surface area contributed by atoms with Crippen molar-refractivity contribution in [2.45, 2.75) is 37.8 Å². The zero-order chi connectivity index (χ0) is 16.3. The first-order valence-electron chi connectivity index (χ1n) is 7.33. The molecule has 1 aromatic carbocycles. The van der Waals surface area contributed by atoms with Gasteiger partial charge in [0, 0.05) is 24.7 Å². The highest BCUT2D eigenvalue weighted by molar-refractivity contribution is 7.89. The monoisotopic (exact) mass is 326 g/mol. The van der Waals surface area contributed by atoms with Gasteiger partial charge in [0.2, 0.25) is 10.0 Å². The van der Waals surface area contributed by atoms with Crippen LogP contribution in [-0.4, -0.2) is 51.1 Å². The van der Waals surface area contributed by atoms with Gasteiger partial charge in [0.25, 0.3) is 5.91 Å². The van der Waals surface area contributed by atoms with E-state index in [-0.39, 0.29) is 22.9 Å². The number of rotatable bonds is 4. The molecule has 0 bridgehead atoms. The molecule has 1 unspecified atom stereocenters. The SMILES string of the molecule is CC(C)NS(=O)(=O)c1ccc(C(=O)N2CCOC(C)C2)cc1. The molecule has 0 aromatic heterocycles. The molecule has 1 amide bonds. The van der Waals surface area contributed by atoms with Crippen LogP contribution in [0, 0.1) is 0 Å². The second-order valence-electron chi connectivity index (χ2n) is 5.73. The van der Waals surface area contributed by atoms with Crippen molar-refractivity contribution in [1.82, 2.24) is 9.62 Å². The molecule has 1 aliphatic heterocycles. The first-order chi connectivity index (χ1) is 10.3. The van der Waals surface area contributed by atoms with Crippen LogP contribution in [0.1, 0.15) is 31.1 Å². The summed E-state index contributed by atoms with van der Waals surface area (Å²) < 4.78 is 32.0. The Hall–Kier alpha value is -1.44. The number of carbonyl (C=O) groups excluding carboxylic acids is 1. The second kappa shape index (κ2) is 6.76. The normalized spacial score (nSPS) is 19.5. The van der Waals surface area contributed by atoms with Gasteiger partial charge in [-0.15, -0.1) is 0 Å². The van der Waals surface area contributed by atoms with Gasteiger partial charge in [-0.3, -0.25) is 4.79 Å². The average Bonchev–Trinajstić information content (AvgIpc) is 2.45. The number of ether oxygens (including phenoxy) is 1. The van der Waals surface area contributed by atoms with Crippen molar-refractivity contribution < 1.29 is 17.9 Å². The number of morpholine rings is 1. The number of carbonyl (C=O) groups is 1.